The van der Waals surface area contributed by atoms with Gasteiger partial charge in [0.2, 0.25) is 0 Å². The maximum Gasteiger partial charge on any atom is 0.262 e. The molecule has 0 spiro atoms. The van der Waals surface area contributed by atoms with Crippen molar-refractivity contribution >= 4 is 28.6 Å². The van der Waals surface area contributed by atoms with Crippen LogP contribution in [0, 0.1) is 6.92 Å². The minimum Gasteiger partial charge on any atom is -0.343 e. The summed E-state index contributed by atoms with van der Waals surface area (Å²) >= 11 is 3.12. The van der Waals surface area contributed by atoms with Crippen LogP contribution in [0.1, 0.15) is 45.8 Å². The molecule has 1 amide bonds. The van der Waals surface area contributed by atoms with Gasteiger partial charge < -0.3 is 5.32 Å². The van der Waals surface area contributed by atoms with E-state index in [9.17, 15) is 4.79 Å². The fourth-order valence-corrected chi connectivity index (χ4v) is 3.29. The molecule has 0 aliphatic carbocycles. The zero-order valence-corrected chi connectivity index (χ0v) is 12.3. The molecule has 96 valence electrons. The van der Waals surface area contributed by atoms with E-state index >= 15 is 0 Å². The van der Waals surface area contributed by atoms with E-state index in [1.807, 2.05) is 30.7 Å². The number of carbonyl (C=O) groups is 1. The molecular formula is C13H16N2OS2. The summed E-state index contributed by atoms with van der Waals surface area (Å²) in [6.07, 6.45) is 0.940. The zero-order valence-electron chi connectivity index (χ0n) is 10.7. The van der Waals surface area contributed by atoms with Gasteiger partial charge in [0, 0.05) is 5.38 Å². The Morgan fingerprint density at radius 1 is 1.50 bits per heavy atom. The Balaban J connectivity index is 2.05. The normalized spacial score (nSPS) is 12.4. The van der Waals surface area contributed by atoms with Gasteiger partial charge in [-0.1, -0.05) is 6.92 Å². The van der Waals surface area contributed by atoms with Crippen molar-refractivity contribution in [1.82, 2.24) is 10.3 Å². The largest absolute Gasteiger partial charge is 0.343 e. The van der Waals surface area contributed by atoms with Crippen LogP contribution in [-0.2, 0) is 6.42 Å². The van der Waals surface area contributed by atoms with Crippen LogP contribution in [-0.4, -0.2) is 10.9 Å². The van der Waals surface area contributed by atoms with Crippen molar-refractivity contribution in [2.45, 2.75) is 33.2 Å². The number of hydrogen-bond donors (Lipinski definition) is 1. The molecule has 2 rings (SSSR count). The van der Waals surface area contributed by atoms with Gasteiger partial charge in [-0.2, -0.15) is 0 Å². The van der Waals surface area contributed by atoms with Crippen LogP contribution in [0.25, 0.3) is 0 Å². The lowest BCUT2D eigenvalue weighted by Gasteiger charge is -2.11. The summed E-state index contributed by atoms with van der Waals surface area (Å²) in [6, 6.07) is 1.91. The predicted octanol–water partition coefficient (Wildman–Crippen LogP) is 3.57. The van der Waals surface area contributed by atoms with Gasteiger partial charge in [-0.05, 0) is 37.3 Å². The average Bonchev–Trinajstić information content (AvgIpc) is 2.96. The number of nitrogens with zero attached hydrogens (tertiary/aromatic N) is 1. The van der Waals surface area contributed by atoms with E-state index < -0.39 is 0 Å². The molecule has 3 nitrogen and oxygen atoms in total. The maximum atomic E-state index is 12.1. The molecule has 0 bridgehead atoms. The molecule has 2 heterocycles. The fraction of sp³-hybridized carbons (Fsp3) is 0.385. The second-order valence-electron chi connectivity index (χ2n) is 4.15. The maximum absolute atomic E-state index is 12.1. The SMILES string of the molecule is CCc1nc([C@H](C)NC(=O)c2sccc2C)cs1. The second-order valence-corrected chi connectivity index (χ2v) is 6.01. The third-order valence-electron chi connectivity index (χ3n) is 2.73. The summed E-state index contributed by atoms with van der Waals surface area (Å²) in [5.41, 5.74) is 1.97. The first kappa shape index (κ1) is 13.2. The Labute approximate surface area is 115 Å². The summed E-state index contributed by atoms with van der Waals surface area (Å²) in [5.74, 6) is -0.0129. The number of aryl methyl sites for hydroxylation is 2. The Kier molecular flexibility index (Phi) is 4.14. The van der Waals surface area contributed by atoms with Crippen LogP contribution in [0.3, 0.4) is 0 Å². The number of nitrogens with one attached hydrogen (secondary N) is 1. The minimum atomic E-state index is -0.0458. The molecule has 0 saturated heterocycles. The molecule has 0 radical (unpaired) electrons. The van der Waals surface area contributed by atoms with Gasteiger partial charge in [-0.3, -0.25) is 4.79 Å². The minimum absolute atomic E-state index is 0.0129. The summed E-state index contributed by atoms with van der Waals surface area (Å²) in [7, 11) is 0. The third-order valence-corrected chi connectivity index (χ3v) is 4.76. The van der Waals surface area contributed by atoms with Crippen LogP contribution in [0.2, 0.25) is 0 Å². The van der Waals surface area contributed by atoms with Gasteiger partial charge in [0.15, 0.2) is 0 Å². The molecule has 0 aromatic carbocycles. The van der Waals surface area contributed by atoms with Crippen LogP contribution in [0.15, 0.2) is 16.8 Å². The smallest absolute Gasteiger partial charge is 0.262 e. The van der Waals surface area contributed by atoms with E-state index in [1.54, 1.807) is 11.3 Å². The fourth-order valence-electron chi connectivity index (χ4n) is 1.63. The van der Waals surface area contributed by atoms with E-state index in [0.717, 1.165) is 27.6 Å². The number of hydrogen-bond acceptors (Lipinski definition) is 4. The number of aromatic nitrogens is 1. The number of rotatable bonds is 4. The molecule has 0 aliphatic heterocycles. The molecule has 0 saturated carbocycles. The summed E-state index contributed by atoms with van der Waals surface area (Å²) < 4.78 is 0. The van der Waals surface area contributed by atoms with E-state index in [-0.39, 0.29) is 11.9 Å². The van der Waals surface area contributed by atoms with Crippen molar-refractivity contribution in [2.24, 2.45) is 0 Å². The molecule has 18 heavy (non-hydrogen) atoms. The summed E-state index contributed by atoms with van der Waals surface area (Å²) in [6.45, 7) is 6.00. The average molecular weight is 280 g/mol. The van der Waals surface area contributed by atoms with Crippen LogP contribution >= 0.6 is 22.7 Å². The first-order valence-corrected chi connectivity index (χ1v) is 7.67. The molecule has 0 aliphatic rings. The van der Waals surface area contributed by atoms with E-state index in [2.05, 4.69) is 17.2 Å². The number of thiophene rings is 1. The molecule has 0 fully saturated rings. The lowest BCUT2D eigenvalue weighted by atomic mass is 10.2. The highest BCUT2D eigenvalue weighted by Gasteiger charge is 2.16. The van der Waals surface area contributed by atoms with Crippen molar-refractivity contribution in [1.29, 1.82) is 0 Å². The molecule has 1 N–H and O–H groups in total. The highest BCUT2D eigenvalue weighted by molar-refractivity contribution is 7.12. The van der Waals surface area contributed by atoms with Crippen molar-refractivity contribution in [3.8, 4) is 0 Å². The molecule has 1 atom stereocenters. The third kappa shape index (κ3) is 2.79. The molecule has 5 heteroatoms. The standard InChI is InChI=1S/C13H16N2OS2/c1-4-11-15-10(7-18-11)9(3)14-13(16)12-8(2)5-6-17-12/h5-7,9H,4H2,1-3H3,(H,14,16)/t9-/m0/s1. The Bertz CT molecular complexity index is 545. The van der Waals surface area contributed by atoms with Crippen LogP contribution < -0.4 is 5.32 Å². The first-order chi connectivity index (χ1) is 8.61. The van der Waals surface area contributed by atoms with Crippen molar-refractivity contribution in [3.05, 3.63) is 38.0 Å². The first-order valence-electron chi connectivity index (χ1n) is 5.91. The van der Waals surface area contributed by atoms with E-state index in [0.29, 0.717) is 0 Å². The van der Waals surface area contributed by atoms with Crippen molar-refractivity contribution in [2.75, 3.05) is 0 Å². The highest BCUT2D eigenvalue weighted by atomic mass is 32.1. The number of thiazole rings is 1. The molecule has 0 unspecified atom stereocenters. The lowest BCUT2D eigenvalue weighted by molar-refractivity contribution is 0.0943. The molecule has 2 aromatic heterocycles. The monoisotopic (exact) mass is 280 g/mol. The van der Waals surface area contributed by atoms with Gasteiger partial charge in [-0.25, -0.2) is 4.98 Å². The van der Waals surface area contributed by atoms with Gasteiger partial charge in [0.1, 0.15) is 0 Å². The van der Waals surface area contributed by atoms with E-state index in [4.69, 9.17) is 0 Å². The second kappa shape index (κ2) is 5.63. The Morgan fingerprint density at radius 3 is 2.83 bits per heavy atom. The van der Waals surface area contributed by atoms with Crippen LogP contribution in [0.5, 0.6) is 0 Å². The highest BCUT2D eigenvalue weighted by Crippen LogP contribution is 2.20. The quantitative estimate of drug-likeness (QED) is 0.930. The summed E-state index contributed by atoms with van der Waals surface area (Å²) in [4.78, 5) is 17.3. The van der Waals surface area contributed by atoms with Gasteiger partial charge in [0.05, 0.1) is 21.6 Å². The zero-order chi connectivity index (χ0) is 13.1. The number of amides is 1. The van der Waals surface area contributed by atoms with Gasteiger partial charge in [-0.15, -0.1) is 22.7 Å². The van der Waals surface area contributed by atoms with Gasteiger partial charge in [0.25, 0.3) is 5.91 Å². The Hall–Kier alpha value is -1.20. The topological polar surface area (TPSA) is 42.0 Å². The summed E-state index contributed by atoms with van der Waals surface area (Å²) in [5, 5.41) is 8.06. The van der Waals surface area contributed by atoms with Crippen molar-refractivity contribution in [3.63, 3.8) is 0 Å². The van der Waals surface area contributed by atoms with Crippen LogP contribution in [0.4, 0.5) is 0 Å². The predicted molar refractivity (Wildman–Crippen MR) is 76.4 cm³/mol. The lowest BCUT2D eigenvalue weighted by Crippen LogP contribution is -2.26. The van der Waals surface area contributed by atoms with E-state index in [1.165, 1.54) is 11.3 Å². The van der Waals surface area contributed by atoms with Gasteiger partial charge >= 0.3 is 0 Å². The molecular weight excluding hydrogens is 264 g/mol. The van der Waals surface area contributed by atoms with Crippen molar-refractivity contribution < 1.29 is 4.79 Å². The number of carbonyl (C=O) groups excluding carboxylic acids is 1. The Morgan fingerprint density at radius 2 is 2.28 bits per heavy atom. The molecule has 2 aromatic rings.